The molecule has 0 saturated carbocycles. The monoisotopic (exact) mass is 211 g/mol. The van der Waals surface area contributed by atoms with Crippen LogP contribution < -0.4 is 5.73 Å². The van der Waals surface area contributed by atoms with E-state index in [1.807, 2.05) is 0 Å². The van der Waals surface area contributed by atoms with Crippen LogP contribution in [0.15, 0.2) is 24.5 Å². The minimum Gasteiger partial charge on any atom is -0.385 e. The summed E-state index contributed by atoms with van der Waals surface area (Å²) in [6.07, 6.45) is 2.67. The Kier molecular flexibility index (Phi) is 2.41. The Balaban J connectivity index is 2.63. The third-order valence-corrected chi connectivity index (χ3v) is 2.38. The van der Waals surface area contributed by atoms with Crippen molar-refractivity contribution in [2.45, 2.75) is 6.10 Å². The average molecular weight is 212 g/mol. The number of aliphatic hydroxyl groups is 1. The van der Waals surface area contributed by atoms with Crippen molar-refractivity contribution in [1.29, 1.82) is 0 Å². The Morgan fingerprint density at radius 1 is 1.64 bits per heavy atom. The second-order valence-electron chi connectivity index (χ2n) is 2.98. The topological polar surface area (TPSA) is 63.5 Å². The average Bonchev–Trinajstić information content (AvgIpc) is 2.62. The first-order valence-corrected chi connectivity index (χ1v) is 4.61. The molecule has 2 heterocycles. The first-order valence-electron chi connectivity index (χ1n) is 4.23. The third-order valence-electron chi connectivity index (χ3n) is 2.08. The highest BCUT2D eigenvalue weighted by atomic mass is 35.5. The molecule has 0 spiro atoms. The van der Waals surface area contributed by atoms with Crippen LogP contribution in [0.3, 0.4) is 0 Å². The van der Waals surface area contributed by atoms with E-state index < -0.39 is 6.10 Å². The maximum atomic E-state index is 9.58. The second kappa shape index (κ2) is 3.57. The lowest BCUT2D eigenvalue weighted by Gasteiger charge is -2.06. The Morgan fingerprint density at radius 3 is 3.14 bits per heavy atom. The van der Waals surface area contributed by atoms with Crippen molar-refractivity contribution in [3.63, 3.8) is 0 Å². The number of aliphatic hydroxyl groups excluding tert-OH is 1. The first kappa shape index (κ1) is 9.45. The van der Waals surface area contributed by atoms with Crippen LogP contribution in [0, 0.1) is 0 Å². The predicted molar refractivity (Wildman–Crippen MR) is 54.2 cm³/mol. The Morgan fingerprint density at radius 2 is 2.43 bits per heavy atom. The highest BCUT2D eigenvalue weighted by Gasteiger charge is 2.12. The van der Waals surface area contributed by atoms with Gasteiger partial charge in [-0.25, -0.2) is 4.98 Å². The molecular weight excluding hydrogens is 202 g/mol. The van der Waals surface area contributed by atoms with Crippen molar-refractivity contribution < 1.29 is 5.11 Å². The minimum atomic E-state index is -0.705. The number of hydrogen-bond donors (Lipinski definition) is 2. The fourth-order valence-electron chi connectivity index (χ4n) is 1.36. The molecule has 1 atom stereocenters. The van der Waals surface area contributed by atoms with Crippen LogP contribution in [0.2, 0.25) is 5.02 Å². The molecule has 0 saturated heterocycles. The molecule has 3 N–H and O–H groups in total. The quantitative estimate of drug-likeness (QED) is 0.779. The van der Waals surface area contributed by atoms with Crippen molar-refractivity contribution >= 4 is 17.2 Å². The third kappa shape index (κ3) is 1.37. The SMILES string of the molecule is NCC(O)c1cnc2c(Cl)cccn12. The number of aromatic nitrogens is 2. The van der Waals surface area contributed by atoms with Gasteiger partial charge in [-0.05, 0) is 12.1 Å². The van der Waals surface area contributed by atoms with E-state index in [9.17, 15) is 5.11 Å². The molecule has 5 heteroatoms. The molecule has 4 nitrogen and oxygen atoms in total. The van der Waals surface area contributed by atoms with E-state index in [0.717, 1.165) is 0 Å². The zero-order chi connectivity index (χ0) is 10.1. The van der Waals surface area contributed by atoms with E-state index in [2.05, 4.69) is 4.98 Å². The zero-order valence-corrected chi connectivity index (χ0v) is 8.15. The van der Waals surface area contributed by atoms with E-state index in [1.165, 1.54) is 0 Å². The number of hydrogen-bond acceptors (Lipinski definition) is 3. The Hall–Kier alpha value is -1.10. The molecule has 0 fully saturated rings. The lowest BCUT2D eigenvalue weighted by Crippen LogP contribution is -2.13. The normalized spacial score (nSPS) is 13.4. The van der Waals surface area contributed by atoms with Gasteiger partial charge < -0.3 is 15.2 Å². The maximum Gasteiger partial charge on any atom is 0.155 e. The summed E-state index contributed by atoms with van der Waals surface area (Å²) in [5, 5.41) is 10.1. The van der Waals surface area contributed by atoms with Crippen molar-refractivity contribution in [3.05, 3.63) is 35.2 Å². The van der Waals surface area contributed by atoms with Gasteiger partial charge >= 0.3 is 0 Å². The highest BCUT2D eigenvalue weighted by Crippen LogP contribution is 2.19. The van der Waals surface area contributed by atoms with Gasteiger partial charge in [0.05, 0.1) is 16.9 Å². The molecule has 0 aliphatic carbocycles. The molecule has 0 aromatic carbocycles. The molecule has 0 amide bonds. The summed E-state index contributed by atoms with van der Waals surface area (Å²) < 4.78 is 1.74. The van der Waals surface area contributed by atoms with Gasteiger partial charge in [0.2, 0.25) is 0 Å². The van der Waals surface area contributed by atoms with Gasteiger partial charge in [-0.1, -0.05) is 11.6 Å². The molecule has 14 heavy (non-hydrogen) atoms. The summed E-state index contributed by atoms with van der Waals surface area (Å²) in [5.74, 6) is 0. The molecule has 0 aliphatic rings. The van der Waals surface area contributed by atoms with Crippen LogP contribution in [0.5, 0.6) is 0 Å². The molecular formula is C9H10ClN3O. The van der Waals surface area contributed by atoms with Crippen molar-refractivity contribution in [2.24, 2.45) is 5.73 Å². The Labute approximate surface area is 85.9 Å². The molecule has 74 valence electrons. The number of pyridine rings is 1. The fourth-order valence-corrected chi connectivity index (χ4v) is 1.58. The largest absolute Gasteiger partial charge is 0.385 e. The van der Waals surface area contributed by atoms with Crippen molar-refractivity contribution in [2.75, 3.05) is 6.54 Å². The summed E-state index contributed by atoms with van der Waals surface area (Å²) in [7, 11) is 0. The van der Waals surface area contributed by atoms with E-state index in [4.69, 9.17) is 17.3 Å². The van der Waals surface area contributed by atoms with Crippen molar-refractivity contribution in [3.8, 4) is 0 Å². The summed E-state index contributed by atoms with van der Waals surface area (Å²) in [4.78, 5) is 4.10. The minimum absolute atomic E-state index is 0.167. The lowest BCUT2D eigenvalue weighted by molar-refractivity contribution is 0.181. The summed E-state index contributed by atoms with van der Waals surface area (Å²) >= 11 is 5.92. The molecule has 2 rings (SSSR count). The second-order valence-corrected chi connectivity index (χ2v) is 3.39. The van der Waals surface area contributed by atoms with Gasteiger partial charge in [0, 0.05) is 12.7 Å². The van der Waals surface area contributed by atoms with Gasteiger partial charge in [0.1, 0.15) is 6.10 Å². The number of rotatable bonds is 2. The van der Waals surface area contributed by atoms with E-state index >= 15 is 0 Å². The van der Waals surface area contributed by atoms with Gasteiger partial charge in [0.15, 0.2) is 5.65 Å². The van der Waals surface area contributed by atoms with Crippen LogP contribution in [0.4, 0.5) is 0 Å². The van der Waals surface area contributed by atoms with E-state index in [-0.39, 0.29) is 6.54 Å². The summed E-state index contributed by atoms with van der Waals surface area (Å²) in [5.41, 5.74) is 6.66. The fraction of sp³-hybridized carbons (Fsp3) is 0.222. The van der Waals surface area contributed by atoms with E-state index in [1.54, 1.807) is 28.9 Å². The number of nitrogens with zero attached hydrogens (tertiary/aromatic N) is 2. The molecule has 0 radical (unpaired) electrons. The van der Waals surface area contributed by atoms with Crippen LogP contribution in [0.1, 0.15) is 11.8 Å². The van der Waals surface area contributed by atoms with Gasteiger partial charge in [-0.3, -0.25) is 0 Å². The van der Waals surface area contributed by atoms with Crippen LogP contribution in [-0.2, 0) is 0 Å². The Bertz CT molecular complexity index is 454. The van der Waals surface area contributed by atoms with Crippen LogP contribution in [-0.4, -0.2) is 21.0 Å². The molecule has 0 aliphatic heterocycles. The summed E-state index contributed by atoms with van der Waals surface area (Å²) in [6.45, 7) is 0.167. The molecule has 0 bridgehead atoms. The van der Waals surface area contributed by atoms with E-state index in [0.29, 0.717) is 16.4 Å². The highest BCUT2D eigenvalue weighted by molar-refractivity contribution is 6.33. The van der Waals surface area contributed by atoms with Gasteiger partial charge in [0.25, 0.3) is 0 Å². The van der Waals surface area contributed by atoms with Crippen LogP contribution in [0.25, 0.3) is 5.65 Å². The predicted octanol–water partition coefficient (Wildman–Crippen LogP) is 0.980. The zero-order valence-electron chi connectivity index (χ0n) is 7.39. The maximum absolute atomic E-state index is 9.58. The van der Waals surface area contributed by atoms with Crippen molar-refractivity contribution in [1.82, 2.24) is 9.38 Å². The van der Waals surface area contributed by atoms with Gasteiger partial charge in [-0.2, -0.15) is 0 Å². The number of imidazole rings is 1. The smallest absolute Gasteiger partial charge is 0.155 e. The van der Waals surface area contributed by atoms with Crippen LogP contribution >= 0.6 is 11.6 Å². The number of halogens is 1. The standard InChI is InChI=1S/C9H10ClN3O/c10-6-2-1-3-13-7(8(14)4-11)5-12-9(6)13/h1-3,5,8,14H,4,11H2. The van der Waals surface area contributed by atoms with Gasteiger partial charge in [-0.15, -0.1) is 0 Å². The number of fused-ring (bicyclic) bond motifs is 1. The number of nitrogens with two attached hydrogens (primary N) is 1. The molecule has 1 unspecified atom stereocenters. The summed E-state index contributed by atoms with van der Waals surface area (Å²) in [6, 6.07) is 3.55. The molecule has 2 aromatic rings. The molecule has 2 aromatic heterocycles. The lowest BCUT2D eigenvalue weighted by atomic mass is 10.3. The first-order chi connectivity index (χ1) is 6.74.